The average Bonchev–Trinajstić information content (AvgIpc) is 2.81. The number of rotatable bonds is 2. The van der Waals surface area contributed by atoms with Gasteiger partial charge in [0.2, 0.25) is 0 Å². The molecule has 2 aromatic heterocycles. The van der Waals surface area contributed by atoms with Crippen LogP contribution in [0, 0.1) is 0 Å². The van der Waals surface area contributed by atoms with Gasteiger partial charge in [-0.3, -0.25) is 4.79 Å². The summed E-state index contributed by atoms with van der Waals surface area (Å²) in [6, 6.07) is 1.65. The van der Waals surface area contributed by atoms with Crippen molar-refractivity contribution in [1.29, 1.82) is 0 Å². The summed E-state index contributed by atoms with van der Waals surface area (Å²) < 4.78 is 9.28. The molecule has 0 unspecified atom stereocenters. The van der Waals surface area contributed by atoms with Gasteiger partial charge in [0.1, 0.15) is 17.7 Å². The summed E-state index contributed by atoms with van der Waals surface area (Å²) in [4.78, 5) is 29.0. The monoisotopic (exact) mass is 220 g/mol. The van der Waals surface area contributed by atoms with Crippen LogP contribution in [0.1, 0.15) is 10.4 Å². The van der Waals surface area contributed by atoms with Gasteiger partial charge in [-0.25, -0.2) is 9.78 Å². The van der Waals surface area contributed by atoms with Crippen LogP contribution < -0.4 is 5.56 Å². The Morgan fingerprint density at radius 2 is 2.38 bits per heavy atom. The molecule has 6 nitrogen and oxygen atoms in total. The van der Waals surface area contributed by atoms with Crippen LogP contribution >= 0.6 is 0 Å². The Kier molecular flexibility index (Phi) is 2.55. The van der Waals surface area contributed by atoms with Gasteiger partial charge in [-0.2, -0.15) is 0 Å². The Morgan fingerprint density at radius 3 is 2.94 bits per heavy atom. The molecular weight excluding hydrogens is 212 g/mol. The summed E-state index contributed by atoms with van der Waals surface area (Å²) in [7, 11) is 1.20. The summed E-state index contributed by atoms with van der Waals surface area (Å²) in [6.07, 6.45) is 4.08. The van der Waals surface area contributed by atoms with Gasteiger partial charge < -0.3 is 14.1 Å². The van der Waals surface area contributed by atoms with Gasteiger partial charge in [0.05, 0.1) is 18.9 Å². The van der Waals surface area contributed by atoms with Crippen molar-refractivity contribution in [3.05, 3.63) is 40.7 Å². The van der Waals surface area contributed by atoms with E-state index in [1.54, 1.807) is 6.07 Å². The standard InChI is InChI=1S/C10H8N2O4/c1-15-10(14)7-4-11-8(12-9(7)13)6-2-3-16-5-6/h2-5H,1H3,(H,11,12,13). The van der Waals surface area contributed by atoms with E-state index in [2.05, 4.69) is 14.7 Å². The van der Waals surface area contributed by atoms with E-state index in [9.17, 15) is 9.59 Å². The molecule has 0 amide bonds. The lowest BCUT2D eigenvalue weighted by atomic mass is 10.3. The first-order valence-corrected chi connectivity index (χ1v) is 4.42. The number of carbonyl (C=O) groups excluding carboxylic acids is 1. The molecule has 2 rings (SSSR count). The highest BCUT2D eigenvalue weighted by Gasteiger charge is 2.12. The molecule has 0 saturated carbocycles. The number of H-pyrrole nitrogens is 1. The van der Waals surface area contributed by atoms with E-state index in [0.717, 1.165) is 0 Å². The zero-order chi connectivity index (χ0) is 11.5. The SMILES string of the molecule is COC(=O)c1cnc(-c2ccoc2)[nH]c1=O. The molecule has 1 N–H and O–H groups in total. The van der Waals surface area contributed by atoms with Crippen molar-refractivity contribution < 1.29 is 13.9 Å². The number of hydrogen-bond acceptors (Lipinski definition) is 5. The number of hydrogen-bond donors (Lipinski definition) is 1. The van der Waals surface area contributed by atoms with E-state index in [1.165, 1.54) is 25.8 Å². The number of aromatic amines is 1. The van der Waals surface area contributed by atoms with E-state index >= 15 is 0 Å². The first-order chi connectivity index (χ1) is 7.72. The van der Waals surface area contributed by atoms with Crippen LogP contribution in [0.2, 0.25) is 0 Å². The lowest BCUT2D eigenvalue weighted by Gasteiger charge is -1.99. The molecule has 0 aliphatic carbocycles. The van der Waals surface area contributed by atoms with E-state index in [1.807, 2.05) is 0 Å². The Morgan fingerprint density at radius 1 is 1.56 bits per heavy atom. The van der Waals surface area contributed by atoms with Crippen LogP contribution in [0.3, 0.4) is 0 Å². The third-order valence-corrected chi connectivity index (χ3v) is 2.00. The van der Waals surface area contributed by atoms with Gasteiger partial charge in [-0.15, -0.1) is 0 Å². The predicted octanol–water partition coefficient (Wildman–Crippen LogP) is 0.817. The molecule has 0 spiro atoms. The smallest absolute Gasteiger partial charge is 0.345 e. The third-order valence-electron chi connectivity index (χ3n) is 2.00. The number of ether oxygens (including phenoxy) is 1. The molecule has 0 bridgehead atoms. The van der Waals surface area contributed by atoms with E-state index in [0.29, 0.717) is 11.4 Å². The van der Waals surface area contributed by atoms with Crippen LogP contribution in [0.15, 0.2) is 34.0 Å². The van der Waals surface area contributed by atoms with Crippen molar-refractivity contribution in [2.75, 3.05) is 7.11 Å². The second kappa shape index (κ2) is 4.01. The quantitative estimate of drug-likeness (QED) is 0.757. The van der Waals surface area contributed by atoms with Crippen LogP contribution in [-0.2, 0) is 4.74 Å². The fourth-order valence-electron chi connectivity index (χ4n) is 1.20. The van der Waals surface area contributed by atoms with Crippen molar-refractivity contribution in [3.63, 3.8) is 0 Å². The van der Waals surface area contributed by atoms with Crippen LogP contribution in [0.25, 0.3) is 11.4 Å². The summed E-state index contributed by atoms with van der Waals surface area (Å²) in [5.74, 6) is -0.376. The number of nitrogens with one attached hydrogen (secondary N) is 1. The first-order valence-electron chi connectivity index (χ1n) is 4.42. The first kappa shape index (κ1) is 10.2. The highest BCUT2D eigenvalue weighted by molar-refractivity contribution is 5.88. The molecule has 0 atom stereocenters. The predicted molar refractivity (Wildman–Crippen MR) is 53.9 cm³/mol. The minimum Gasteiger partial charge on any atom is -0.472 e. The normalized spacial score (nSPS) is 10.1. The number of aromatic nitrogens is 2. The van der Waals surface area contributed by atoms with E-state index < -0.39 is 11.5 Å². The second-order valence-electron chi connectivity index (χ2n) is 2.98. The highest BCUT2D eigenvalue weighted by Crippen LogP contribution is 2.12. The molecule has 0 radical (unpaired) electrons. The zero-order valence-electron chi connectivity index (χ0n) is 8.39. The Bertz CT molecular complexity index is 556. The molecule has 82 valence electrons. The molecule has 2 heterocycles. The summed E-state index contributed by atoms with van der Waals surface area (Å²) in [5, 5.41) is 0. The zero-order valence-corrected chi connectivity index (χ0v) is 8.39. The minimum atomic E-state index is -0.715. The Labute approximate surface area is 89.9 Å². The van der Waals surface area contributed by atoms with Gasteiger partial charge in [0.15, 0.2) is 0 Å². The van der Waals surface area contributed by atoms with Crippen molar-refractivity contribution in [1.82, 2.24) is 9.97 Å². The van der Waals surface area contributed by atoms with Crippen LogP contribution in [-0.4, -0.2) is 23.0 Å². The Hall–Kier alpha value is -2.37. The fourth-order valence-corrected chi connectivity index (χ4v) is 1.20. The summed E-state index contributed by atoms with van der Waals surface area (Å²) in [5.41, 5.74) is -0.0405. The van der Waals surface area contributed by atoms with Crippen molar-refractivity contribution >= 4 is 5.97 Å². The van der Waals surface area contributed by atoms with Crippen LogP contribution in [0.4, 0.5) is 0 Å². The van der Waals surface area contributed by atoms with Crippen molar-refractivity contribution in [2.24, 2.45) is 0 Å². The third kappa shape index (κ3) is 1.72. The number of esters is 1. The number of nitrogens with zero attached hydrogens (tertiary/aromatic N) is 1. The van der Waals surface area contributed by atoms with Gasteiger partial charge >= 0.3 is 5.97 Å². The van der Waals surface area contributed by atoms with Gasteiger partial charge in [0.25, 0.3) is 5.56 Å². The topological polar surface area (TPSA) is 85.2 Å². The molecule has 0 aliphatic heterocycles. The van der Waals surface area contributed by atoms with Gasteiger partial charge in [0, 0.05) is 6.20 Å². The maximum absolute atomic E-state index is 11.5. The molecule has 0 fully saturated rings. The highest BCUT2D eigenvalue weighted by atomic mass is 16.5. The molecule has 0 aromatic carbocycles. The molecular formula is C10H8N2O4. The molecule has 16 heavy (non-hydrogen) atoms. The number of furan rings is 1. The largest absolute Gasteiger partial charge is 0.472 e. The van der Waals surface area contributed by atoms with Gasteiger partial charge in [-0.1, -0.05) is 0 Å². The fraction of sp³-hybridized carbons (Fsp3) is 0.100. The van der Waals surface area contributed by atoms with E-state index in [4.69, 9.17) is 4.42 Å². The summed E-state index contributed by atoms with van der Waals surface area (Å²) >= 11 is 0. The number of methoxy groups -OCH3 is 1. The van der Waals surface area contributed by atoms with Crippen molar-refractivity contribution in [2.45, 2.75) is 0 Å². The maximum Gasteiger partial charge on any atom is 0.345 e. The van der Waals surface area contributed by atoms with E-state index in [-0.39, 0.29) is 5.56 Å². The van der Waals surface area contributed by atoms with Gasteiger partial charge in [-0.05, 0) is 6.07 Å². The second-order valence-corrected chi connectivity index (χ2v) is 2.98. The Balaban J connectivity index is 2.45. The average molecular weight is 220 g/mol. The lowest BCUT2D eigenvalue weighted by Crippen LogP contribution is -2.19. The summed E-state index contributed by atoms with van der Waals surface area (Å²) in [6.45, 7) is 0. The van der Waals surface area contributed by atoms with Crippen molar-refractivity contribution in [3.8, 4) is 11.4 Å². The molecule has 0 aliphatic rings. The molecule has 2 aromatic rings. The van der Waals surface area contributed by atoms with Crippen LogP contribution in [0.5, 0.6) is 0 Å². The molecule has 0 saturated heterocycles. The molecule has 6 heteroatoms. The lowest BCUT2D eigenvalue weighted by molar-refractivity contribution is 0.0598. The maximum atomic E-state index is 11.5. The number of carbonyl (C=O) groups is 1. The minimum absolute atomic E-state index is 0.130.